The Morgan fingerprint density at radius 2 is 1.97 bits per heavy atom. The number of nitrogens with zero attached hydrogens (tertiary/aromatic N) is 5. The van der Waals surface area contributed by atoms with Gasteiger partial charge in [-0.1, -0.05) is 18.2 Å². The molecule has 2 heterocycles. The molecule has 0 bridgehead atoms. The van der Waals surface area contributed by atoms with E-state index in [1.165, 1.54) is 36.7 Å². The van der Waals surface area contributed by atoms with Gasteiger partial charge in [0.25, 0.3) is 11.6 Å². The van der Waals surface area contributed by atoms with Gasteiger partial charge in [0.15, 0.2) is 11.6 Å². The van der Waals surface area contributed by atoms with Crippen LogP contribution in [0, 0.1) is 15.9 Å². The second-order valence-corrected chi connectivity index (χ2v) is 7.35. The van der Waals surface area contributed by atoms with Crippen molar-refractivity contribution in [1.29, 1.82) is 0 Å². The molecule has 1 amide bonds. The molecule has 0 N–H and O–H groups in total. The van der Waals surface area contributed by atoms with Gasteiger partial charge >= 0.3 is 0 Å². The summed E-state index contributed by atoms with van der Waals surface area (Å²) in [6.07, 6.45) is 1.34. The number of halogens is 1. The number of hydrogen-bond acceptors (Lipinski definition) is 7. The summed E-state index contributed by atoms with van der Waals surface area (Å²) in [4.78, 5) is 35.4. The Bertz CT molecular complexity index is 1160. The lowest BCUT2D eigenvalue weighted by atomic mass is 10.1. The smallest absolute Gasteiger partial charge is 0.270 e. The summed E-state index contributed by atoms with van der Waals surface area (Å²) in [5, 5.41) is 11.0. The first-order valence-electron chi connectivity index (χ1n) is 9.97. The normalized spacial score (nSPS) is 16.0. The first kappa shape index (κ1) is 21.2. The number of ether oxygens (including phenoxy) is 1. The minimum atomic E-state index is -0.520. The third kappa shape index (κ3) is 4.48. The number of aromatic nitrogens is 2. The summed E-state index contributed by atoms with van der Waals surface area (Å²) in [5.41, 5.74) is 0.160. The summed E-state index contributed by atoms with van der Waals surface area (Å²) in [6.45, 7) is 3.31. The largest absolute Gasteiger partial charge is 0.436 e. The summed E-state index contributed by atoms with van der Waals surface area (Å²) in [7, 11) is 0. The van der Waals surface area contributed by atoms with E-state index in [1.54, 1.807) is 29.2 Å². The molecule has 32 heavy (non-hydrogen) atoms. The van der Waals surface area contributed by atoms with Crippen LogP contribution in [0.25, 0.3) is 0 Å². The van der Waals surface area contributed by atoms with Crippen molar-refractivity contribution < 1.29 is 18.8 Å². The number of amides is 1. The number of rotatable bonds is 5. The van der Waals surface area contributed by atoms with E-state index in [9.17, 15) is 19.3 Å². The third-order valence-electron chi connectivity index (χ3n) is 5.20. The summed E-state index contributed by atoms with van der Waals surface area (Å²) >= 11 is 0. The molecule has 10 heteroatoms. The molecule has 1 atom stereocenters. The molecule has 1 aromatic heterocycles. The predicted molar refractivity (Wildman–Crippen MR) is 114 cm³/mol. The zero-order valence-corrected chi connectivity index (χ0v) is 17.2. The number of hydrogen-bond donors (Lipinski definition) is 0. The highest BCUT2D eigenvalue weighted by atomic mass is 19.1. The van der Waals surface area contributed by atoms with Gasteiger partial charge in [-0.25, -0.2) is 14.4 Å². The van der Waals surface area contributed by atoms with Crippen molar-refractivity contribution in [2.45, 2.75) is 13.0 Å². The lowest BCUT2D eigenvalue weighted by Gasteiger charge is -2.40. The van der Waals surface area contributed by atoms with Gasteiger partial charge in [0.05, 0.1) is 4.92 Å². The van der Waals surface area contributed by atoms with Crippen LogP contribution in [0.15, 0.2) is 60.9 Å². The quantitative estimate of drug-likeness (QED) is 0.443. The number of benzene rings is 2. The summed E-state index contributed by atoms with van der Waals surface area (Å²) < 4.78 is 19.4. The number of piperazine rings is 1. The van der Waals surface area contributed by atoms with Gasteiger partial charge in [-0.15, -0.1) is 0 Å². The Kier molecular flexibility index (Phi) is 5.93. The monoisotopic (exact) mass is 437 g/mol. The highest BCUT2D eigenvalue weighted by Gasteiger charge is 2.29. The molecule has 0 aliphatic carbocycles. The van der Waals surface area contributed by atoms with E-state index in [-0.39, 0.29) is 34.8 Å². The molecule has 4 rings (SSSR count). The van der Waals surface area contributed by atoms with Crippen molar-refractivity contribution in [1.82, 2.24) is 14.9 Å². The second kappa shape index (κ2) is 8.96. The summed E-state index contributed by atoms with van der Waals surface area (Å²) in [6, 6.07) is 13.2. The average Bonchev–Trinajstić information content (AvgIpc) is 2.80. The number of nitro groups is 1. The molecule has 0 radical (unpaired) electrons. The van der Waals surface area contributed by atoms with E-state index in [2.05, 4.69) is 9.97 Å². The van der Waals surface area contributed by atoms with Gasteiger partial charge in [0.1, 0.15) is 12.1 Å². The highest BCUT2D eigenvalue weighted by molar-refractivity contribution is 5.95. The van der Waals surface area contributed by atoms with Crippen molar-refractivity contribution in [3.05, 3.63) is 82.4 Å². The van der Waals surface area contributed by atoms with Crippen molar-refractivity contribution in [3.8, 4) is 11.6 Å². The fourth-order valence-electron chi connectivity index (χ4n) is 3.58. The van der Waals surface area contributed by atoms with E-state index in [1.807, 2.05) is 11.8 Å². The Morgan fingerprint density at radius 1 is 1.16 bits per heavy atom. The van der Waals surface area contributed by atoms with Crippen LogP contribution >= 0.6 is 0 Å². The van der Waals surface area contributed by atoms with Crippen LogP contribution in [0.1, 0.15) is 17.3 Å². The third-order valence-corrected chi connectivity index (χ3v) is 5.20. The Labute approximate surface area is 183 Å². The van der Waals surface area contributed by atoms with E-state index in [4.69, 9.17) is 4.74 Å². The second-order valence-electron chi connectivity index (χ2n) is 7.35. The topological polar surface area (TPSA) is 102 Å². The Morgan fingerprint density at radius 3 is 2.72 bits per heavy atom. The SMILES string of the molecule is C[C@@H]1CN(c2cc(Oc3ccccc3F)ncn2)CCN1C(=O)c1cccc([N+](=O)[O-])c1. The van der Waals surface area contributed by atoms with Crippen LogP contribution in [0.2, 0.25) is 0 Å². The van der Waals surface area contributed by atoms with E-state index >= 15 is 0 Å². The molecule has 2 aromatic carbocycles. The minimum Gasteiger partial charge on any atom is -0.436 e. The lowest BCUT2D eigenvalue weighted by Crippen LogP contribution is -2.54. The molecule has 1 saturated heterocycles. The maximum atomic E-state index is 13.9. The van der Waals surface area contributed by atoms with Gasteiger partial charge < -0.3 is 14.5 Å². The first-order chi connectivity index (χ1) is 15.4. The van der Waals surface area contributed by atoms with Gasteiger partial charge in [-0.2, -0.15) is 0 Å². The molecule has 0 unspecified atom stereocenters. The predicted octanol–water partition coefficient (Wildman–Crippen LogP) is 3.67. The Hall–Kier alpha value is -4.08. The van der Waals surface area contributed by atoms with Gasteiger partial charge in [-0.3, -0.25) is 14.9 Å². The van der Waals surface area contributed by atoms with Crippen LogP contribution in [-0.2, 0) is 0 Å². The molecule has 1 aliphatic heterocycles. The minimum absolute atomic E-state index is 0.0675. The van der Waals surface area contributed by atoms with Gasteiger partial charge in [0.2, 0.25) is 5.88 Å². The van der Waals surface area contributed by atoms with Crippen LogP contribution in [0.4, 0.5) is 15.9 Å². The van der Waals surface area contributed by atoms with E-state index < -0.39 is 10.7 Å². The number of anilines is 1. The van der Waals surface area contributed by atoms with Crippen molar-refractivity contribution >= 4 is 17.4 Å². The average molecular weight is 437 g/mol. The molecule has 3 aromatic rings. The zero-order chi connectivity index (χ0) is 22.7. The van der Waals surface area contributed by atoms with Crippen molar-refractivity contribution in [2.75, 3.05) is 24.5 Å². The number of para-hydroxylation sites is 1. The van der Waals surface area contributed by atoms with Crippen molar-refractivity contribution in [3.63, 3.8) is 0 Å². The van der Waals surface area contributed by atoms with E-state index in [0.29, 0.717) is 25.5 Å². The summed E-state index contributed by atoms with van der Waals surface area (Å²) in [5.74, 6) is 0.128. The van der Waals surface area contributed by atoms with Gasteiger partial charge in [-0.05, 0) is 25.1 Å². The number of carbonyl (C=O) groups excluding carboxylic acids is 1. The fraction of sp³-hybridized carbons (Fsp3) is 0.227. The molecule has 0 saturated carbocycles. The molecular formula is C22H20FN5O4. The molecule has 1 aliphatic rings. The number of non-ortho nitro benzene ring substituents is 1. The molecule has 1 fully saturated rings. The lowest BCUT2D eigenvalue weighted by molar-refractivity contribution is -0.384. The zero-order valence-electron chi connectivity index (χ0n) is 17.2. The Balaban J connectivity index is 1.45. The van der Waals surface area contributed by atoms with E-state index in [0.717, 1.165) is 0 Å². The first-order valence-corrected chi connectivity index (χ1v) is 9.97. The van der Waals surface area contributed by atoms with Gasteiger partial charge in [0, 0.05) is 49.4 Å². The molecule has 9 nitrogen and oxygen atoms in total. The molecule has 164 valence electrons. The van der Waals surface area contributed by atoms with Crippen LogP contribution in [0.5, 0.6) is 11.6 Å². The maximum absolute atomic E-state index is 13.9. The standard InChI is InChI=1S/C22H20FN5O4/c1-15-13-26(9-10-27(15)22(29)16-5-4-6-17(11-16)28(30)31)20-12-21(25-14-24-20)32-19-8-3-2-7-18(19)23/h2-8,11-12,14-15H,9-10,13H2,1H3/t15-/m1/s1. The number of nitro benzene ring substituents is 1. The maximum Gasteiger partial charge on any atom is 0.270 e. The fourth-order valence-corrected chi connectivity index (χ4v) is 3.58. The van der Waals surface area contributed by atoms with Crippen LogP contribution in [-0.4, -0.2) is 51.4 Å². The van der Waals surface area contributed by atoms with Crippen LogP contribution < -0.4 is 9.64 Å². The molecular weight excluding hydrogens is 417 g/mol. The van der Waals surface area contributed by atoms with Crippen molar-refractivity contribution in [2.24, 2.45) is 0 Å². The van der Waals surface area contributed by atoms with Crippen LogP contribution in [0.3, 0.4) is 0 Å². The molecule has 0 spiro atoms. The number of carbonyl (C=O) groups is 1. The highest BCUT2D eigenvalue weighted by Crippen LogP contribution is 2.26.